The Morgan fingerprint density at radius 3 is 2.54 bits per heavy atom. The van der Waals surface area contributed by atoms with Crippen molar-refractivity contribution in [3.63, 3.8) is 0 Å². The zero-order chi connectivity index (χ0) is 19.3. The van der Waals surface area contributed by atoms with Gasteiger partial charge in [-0.25, -0.2) is 4.98 Å². The van der Waals surface area contributed by atoms with Gasteiger partial charge in [-0.05, 0) is 49.6 Å². The molecule has 1 saturated heterocycles. The van der Waals surface area contributed by atoms with E-state index in [9.17, 15) is 0 Å². The van der Waals surface area contributed by atoms with Crippen LogP contribution in [0.5, 0.6) is 0 Å². The zero-order valence-electron chi connectivity index (χ0n) is 16.5. The summed E-state index contributed by atoms with van der Waals surface area (Å²) in [6.07, 6.45) is 2.27. The van der Waals surface area contributed by atoms with Crippen molar-refractivity contribution in [3.05, 3.63) is 59.9 Å². The van der Waals surface area contributed by atoms with Crippen LogP contribution in [-0.4, -0.2) is 35.9 Å². The summed E-state index contributed by atoms with van der Waals surface area (Å²) in [4.78, 5) is 7.52. The van der Waals surface area contributed by atoms with E-state index in [0.717, 1.165) is 56.5 Å². The van der Waals surface area contributed by atoms with Crippen LogP contribution in [0.15, 0.2) is 48.5 Å². The van der Waals surface area contributed by atoms with Gasteiger partial charge in [-0.1, -0.05) is 40.2 Å². The number of anilines is 1. The molecule has 0 bridgehead atoms. The first kappa shape index (κ1) is 19.5. The van der Waals surface area contributed by atoms with Crippen LogP contribution >= 0.6 is 15.9 Å². The summed E-state index contributed by atoms with van der Waals surface area (Å²) >= 11 is 3.52. The molecule has 0 radical (unpaired) electrons. The van der Waals surface area contributed by atoms with Crippen molar-refractivity contribution >= 4 is 32.7 Å². The lowest BCUT2D eigenvalue weighted by atomic mass is 9.95. The summed E-state index contributed by atoms with van der Waals surface area (Å²) in [5.41, 5.74) is 4.97. The van der Waals surface area contributed by atoms with Gasteiger partial charge in [0.05, 0.1) is 17.6 Å². The predicted molar refractivity (Wildman–Crippen MR) is 119 cm³/mol. The van der Waals surface area contributed by atoms with E-state index in [-0.39, 0.29) is 0 Å². The largest absolute Gasteiger partial charge is 0.380 e. The second-order valence-corrected chi connectivity index (χ2v) is 7.93. The van der Waals surface area contributed by atoms with Crippen LogP contribution in [0.25, 0.3) is 11.0 Å². The van der Waals surface area contributed by atoms with E-state index in [1.54, 1.807) is 0 Å². The number of rotatable bonds is 7. The molecule has 2 aromatic carbocycles. The minimum absolute atomic E-state index is 0.507. The Hall–Kier alpha value is -1.85. The third-order valence-electron chi connectivity index (χ3n) is 5.66. The molecule has 0 amide bonds. The van der Waals surface area contributed by atoms with Crippen LogP contribution in [0.3, 0.4) is 0 Å². The van der Waals surface area contributed by atoms with E-state index in [1.807, 2.05) is 6.92 Å². The second-order valence-electron chi connectivity index (χ2n) is 7.37. The van der Waals surface area contributed by atoms with Crippen molar-refractivity contribution in [3.8, 4) is 0 Å². The Morgan fingerprint density at radius 2 is 1.82 bits per heavy atom. The molecule has 3 aromatic rings. The maximum Gasteiger partial charge on any atom is 0.113 e. The van der Waals surface area contributed by atoms with Crippen LogP contribution in [-0.2, 0) is 16.6 Å². The third kappa shape index (κ3) is 4.11. The number of imidazole rings is 1. The molecule has 5 heteroatoms. The quantitative estimate of drug-likeness (QED) is 0.365. The average Bonchev–Trinajstić information content (AvgIpc) is 3.13. The fourth-order valence-corrected chi connectivity index (χ4v) is 4.51. The first-order chi connectivity index (χ1) is 13.8. The lowest BCUT2D eigenvalue weighted by Gasteiger charge is -2.33. The van der Waals surface area contributed by atoms with Crippen LogP contribution in [0.2, 0.25) is 0 Å². The average molecular weight is 442 g/mol. The number of nitrogens with zero attached hydrogens (tertiary/aromatic N) is 3. The van der Waals surface area contributed by atoms with E-state index in [0.29, 0.717) is 5.92 Å². The molecule has 0 aliphatic carbocycles. The normalized spacial score (nSPS) is 15.4. The number of hydrogen-bond acceptors (Lipinski definition) is 3. The molecule has 1 aliphatic heterocycles. The Kier molecular flexibility index (Phi) is 6.33. The molecule has 1 aliphatic rings. The van der Waals surface area contributed by atoms with Gasteiger partial charge in [-0.3, -0.25) is 0 Å². The summed E-state index contributed by atoms with van der Waals surface area (Å²) in [5, 5.41) is 0.910. The number of halogens is 1. The van der Waals surface area contributed by atoms with E-state index in [2.05, 4.69) is 73.9 Å². The maximum absolute atomic E-state index is 5.63. The molecule has 2 heterocycles. The van der Waals surface area contributed by atoms with E-state index >= 15 is 0 Å². The van der Waals surface area contributed by atoms with Crippen LogP contribution in [0.4, 0.5) is 5.69 Å². The highest BCUT2D eigenvalue weighted by atomic mass is 79.9. The summed E-state index contributed by atoms with van der Waals surface area (Å²) in [5.74, 6) is 1.74. The summed E-state index contributed by atoms with van der Waals surface area (Å²) in [7, 11) is 0. The minimum atomic E-state index is 0.507. The molecule has 0 atom stereocenters. The number of aromatic nitrogens is 2. The topological polar surface area (TPSA) is 30.3 Å². The Morgan fingerprint density at radius 1 is 1.07 bits per heavy atom. The van der Waals surface area contributed by atoms with Crippen molar-refractivity contribution in [2.45, 2.75) is 37.6 Å². The number of benzene rings is 2. The number of ether oxygens (including phenoxy) is 1. The van der Waals surface area contributed by atoms with E-state index in [4.69, 9.17) is 9.72 Å². The lowest BCUT2D eigenvalue weighted by Crippen LogP contribution is -2.33. The van der Waals surface area contributed by atoms with Gasteiger partial charge in [-0.15, -0.1) is 0 Å². The lowest BCUT2D eigenvalue weighted by molar-refractivity contribution is 0.138. The molecule has 1 fully saturated rings. The molecular formula is C23H28BrN3O. The molecular weight excluding hydrogens is 414 g/mol. The van der Waals surface area contributed by atoms with E-state index < -0.39 is 0 Å². The van der Waals surface area contributed by atoms with Crippen LogP contribution < -0.4 is 4.90 Å². The number of alkyl halides is 1. The van der Waals surface area contributed by atoms with E-state index in [1.165, 1.54) is 22.6 Å². The molecule has 0 spiro atoms. The fourth-order valence-electron chi connectivity index (χ4n) is 4.13. The Labute approximate surface area is 175 Å². The summed E-state index contributed by atoms with van der Waals surface area (Å²) in [6.45, 7) is 6.57. The molecule has 0 saturated carbocycles. The van der Waals surface area contributed by atoms with Crippen LogP contribution in [0, 0.1) is 0 Å². The number of hydrogen-bond donors (Lipinski definition) is 0. The highest BCUT2D eigenvalue weighted by Gasteiger charge is 2.25. The maximum atomic E-state index is 5.63. The summed E-state index contributed by atoms with van der Waals surface area (Å²) < 4.78 is 8.02. The smallest absolute Gasteiger partial charge is 0.113 e. The Bertz CT molecular complexity index is 898. The van der Waals surface area contributed by atoms with Gasteiger partial charge < -0.3 is 14.2 Å². The molecule has 0 unspecified atom stereocenters. The summed E-state index contributed by atoms with van der Waals surface area (Å²) in [6, 6.07) is 17.4. The first-order valence-corrected chi connectivity index (χ1v) is 11.3. The van der Waals surface area contributed by atoms with Gasteiger partial charge in [0.25, 0.3) is 0 Å². The second kappa shape index (κ2) is 9.10. The van der Waals surface area contributed by atoms with Gasteiger partial charge in [-0.2, -0.15) is 0 Å². The fraction of sp³-hybridized carbons (Fsp3) is 0.435. The van der Waals surface area contributed by atoms with Gasteiger partial charge in [0, 0.05) is 43.2 Å². The van der Waals surface area contributed by atoms with Gasteiger partial charge in [0.15, 0.2) is 0 Å². The van der Waals surface area contributed by atoms with Gasteiger partial charge in [0.2, 0.25) is 0 Å². The van der Waals surface area contributed by atoms with Crippen molar-refractivity contribution in [1.29, 1.82) is 0 Å². The van der Waals surface area contributed by atoms with Crippen molar-refractivity contribution in [2.75, 3.05) is 31.2 Å². The number of piperidine rings is 1. The highest BCUT2D eigenvalue weighted by Crippen LogP contribution is 2.32. The van der Waals surface area contributed by atoms with Gasteiger partial charge >= 0.3 is 0 Å². The van der Waals surface area contributed by atoms with Crippen LogP contribution in [0.1, 0.15) is 37.1 Å². The highest BCUT2D eigenvalue weighted by molar-refractivity contribution is 9.08. The Balaban J connectivity index is 1.50. The molecule has 148 valence electrons. The number of para-hydroxylation sites is 2. The third-order valence-corrected chi connectivity index (χ3v) is 6.31. The SMILES string of the molecule is CCOCCn1c(C2CCN(c3ccc(CBr)cc3)CC2)nc2ccccc21. The van der Waals surface area contributed by atoms with Crippen molar-refractivity contribution in [2.24, 2.45) is 0 Å². The number of fused-ring (bicyclic) bond motifs is 1. The monoisotopic (exact) mass is 441 g/mol. The standard InChI is InChI=1S/C23H28BrN3O/c1-2-28-16-15-27-22-6-4-3-5-21(22)25-23(27)19-11-13-26(14-12-19)20-9-7-18(17-24)8-10-20/h3-10,19H,2,11-17H2,1H3. The zero-order valence-corrected chi connectivity index (χ0v) is 18.1. The van der Waals surface area contributed by atoms with Crippen molar-refractivity contribution < 1.29 is 4.74 Å². The molecule has 0 N–H and O–H groups in total. The predicted octanol–water partition coefficient (Wildman–Crippen LogP) is 5.35. The first-order valence-electron chi connectivity index (χ1n) is 10.2. The molecule has 4 nitrogen and oxygen atoms in total. The molecule has 1 aromatic heterocycles. The molecule has 4 rings (SSSR count). The molecule has 28 heavy (non-hydrogen) atoms. The van der Waals surface area contributed by atoms with Gasteiger partial charge in [0.1, 0.15) is 5.82 Å². The van der Waals surface area contributed by atoms with Crippen molar-refractivity contribution in [1.82, 2.24) is 9.55 Å². The minimum Gasteiger partial charge on any atom is -0.380 e.